The second-order valence-corrected chi connectivity index (χ2v) is 8.87. The lowest BCUT2D eigenvalue weighted by atomic mass is 9.81. The average Bonchev–Trinajstić information content (AvgIpc) is 2.44. The Morgan fingerprint density at radius 1 is 1.38 bits per heavy atom. The lowest BCUT2D eigenvalue weighted by Crippen LogP contribution is -2.40. The molecule has 21 heavy (non-hydrogen) atoms. The van der Waals surface area contributed by atoms with Crippen LogP contribution in [0.15, 0.2) is 24.3 Å². The molecule has 0 bridgehead atoms. The molecule has 1 saturated carbocycles. The van der Waals surface area contributed by atoms with E-state index in [1.165, 1.54) is 11.8 Å². The van der Waals surface area contributed by atoms with Gasteiger partial charge in [-0.15, -0.1) is 0 Å². The van der Waals surface area contributed by atoms with E-state index >= 15 is 0 Å². The van der Waals surface area contributed by atoms with Gasteiger partial charge < -0.3 is 5.32 Å². The zero-order valence-corrected chi connectivity index (χ0v) is 14.3. The molecule has 1 aliphatic carbocycles. The van der Waals surface area contributed by atoms with E-state index in [0.717, 1.165) is 37.1 Å². The largest absolute Gasteiger partial charge is 0.316 e. The van der Waals surface area contributed by atoms with Crippen LogP contribution in [0.1, 0.15) is 31.2 Å². The number of halogens is 1. The second-order valence-electron chi connectivity index (χ2n) is 6.11. The van der Waals surface area contributed by atoms with Crippen LogP contribution >= 0.6 is 11.6 Å². The van der Waals surface area contributed by atoms with E-state index in [9.17, 15) is 8.42 Å². The molecular weight excluding hydrogens is 306 g/mol. The van der Waals surface area contributed by atoms with Crippen LogP contribution in [0, 0.1) is 5.92 Å². The quantitative estimate of drug-likeness (QED) is 0.903. The summed E-state index contributed by atoms with van der Waals surface area (Å²) in [5.41, 5.74) is 1.20. The highest BCUT2D eigenvalue weighted by atomic mass is 35.5. The maximum Gasteiger partial charge on any atom is 0.150 e. The zero-order valence-electron chi connectivity index (χ0n) is 12.7. The molecule has 1 aromatic carbocycles. The van der Waals surface area contributed by atoms with E-state index in [4.69, 9.17) is 11.6 Å². The van der Waals surface area contributed by atoms with E-state index in [1.807, 2.05) is 25.2 Å². The predicted octanol–water partition coefficient (Wildman–Crippen LogP) is 3.07. The number of hydrogen-bond acceptors (Lipinski definition) is 3. The molecule has 0 radical (unpaired) electrons. The fraction of sp³-hybridized carbons (Fsp3) is 0.625. The van der Waals surface area contributed by atoms with Gasteiger partial charge in [0, 0.05) is 17.3 Å². The Bertz CT molecular complexity index is 573. The summed E-state index contributed by atoms with van der Waals surface area (Å²) in [6.45, 7) is 0. The summed E-state index contributed by atoms with van der Waals surface area (Å²) in [6, 6.07) is 8.20. The van der Waals surface area contributed by atoms with Gasteiger partial charge in [-0.1, -0.05) is 30.2 Å². The highest BCUT2D eigenvalue weighted by Crippen LogP contribution is 2.31. The van der Waals surface area contributed by atoms with Gasteiger partial charge in [-0.3, -0.25) is 0 Å². The topological polar surface area (TPSA) is 46.2 Å². The molecule has 0 heterocycles. The summed E-state index contributed by atoms with van der Waals surface area (Å²) < 4.78 is 23.6. The molecule has 0 aromatic heterocycles. The van der Waals surface area contributed by atoms with Gasteiger partial charge in [0.25, 0.3) is 0 Å². The van der Waals surface area contributed by atoms with Crippen LogP contribution in [0.2, 0.25) is 5.02 Å². The standard InChI is InChI=1S/C16H24ClNO2S/c1-18-16(10-12-5-3-7-14(17)9-12)13-6-4-8-15(11-13)21(2,19)20/h3,5,7,9,13,15-16,18H,4,6,8,10-11H2,1-2H3. The fourth-order valence-corrected chi connectivity index (χ4v) is 4.76. The number of likely N-dealkylation sites (N-methyl/N-ethyl adjacent to an activating group) is 1. The van der Waals surface area contributed by atoms with Crippen molar-refractivity contribution < 1.29 is 8.42 Å². The summed E-state index contributed by atoms with van der Waals surface area (Å²) in [7, 11) is -0.971. The number of nitrogens with one attached hydrogen (secondary N) is 1. The van der Waals surface area contributed by atoms with Crippen molar-refractivity contribution in [3.63, 3.8) is 0 Å². The molecule has 0 aliphatic heterocycles. The summed E-state index contributed by atoms with van der Waals surface area (Å²) in [5.74, 6) is 0.405. The third-order valence-electron chi connectivity index (χ3n) is 4.56. The number of benzene rings is 1. The summed E-state index contributed by atoms with van der Waals surface area (Å²) in [6.07, 6.45) is 5.92. The monoisotopic (exact) mass is 329 g/mol. The van der Waals surface area contributed by atoms with Crippen LogP contribution in [0.4, 0.5) is 0 Å². The van der Waals surface area contributed by atoms with E-state index in [2.05, 4.69) is 11.4 Å². The lowest BCUT2D eigenvalue weighted by Gasteiger charge is -2.34. The SMILES string of the molecule is CNC(Cc1cccc(Cl)c1)C1CCCC(S(C)(=O)=O)C1. The van der Waals surface area contributed by atoms with Crippen molar-refractivity contribution in [3.05, 3.63) is 34.9 Å². The first kappa shape index (κ1) is 16.8. The molecule has 2 rings (SSSR count). The van der Waals surface area contributed by atoms with Crippen molar-refractivity contribution in [3.8, 4) is 0 Å². The molecule has 3 nitrogen and oxygen atoms in total. The number of rotatable bonds is 5. The minimum Gasteiger partial charge on any atom is -0.316 e. The van der Waals surface area contributed by atoms with Crippen molar-refractivity contribution in [2.75, 3.05) is 13.3 Å². The third-order valence-corrected chi connectivity index (χ3v) is 6.43. The minimum absolute atomic E-state index is 0.175. The summed E-state index contributed by atoms with van der Waals surface area (Å²) in [5, 5.41) is 3.95. The first-order chi connectivity index (χ1) is 9.90. The number of hydrogen-bond donors (Lipinski definition) is 1. The molecule has 0 spiro atoms. The maximum absolute atomic E-state index is 11.8. The van der Waals surface area contributed by atoms with Crippen molar-refractivity contribution in [1.29, 1.82) is 0 Å². The Balaban J connectivity index is 2.06. The first-order valence-electron chi connectivity index (χ1n) is 7.50. The molecule has 118 valence electrons. The molecular formula is C16H24ClNO2S. The van der Waals surface area contributed by atoms with Crippen molar-refractivity contribution >= 4 is 21.4 Å². The molecule has 1 fully saturated rings. The smallest absolute Gasteiger partial charge is 0.150 e. The molecule has 5 heteroatoms. The fourth-order valence-electron chi connectivity index (χ4n) is 3.36. The Labute approximate surface area is 133 Å². The summed E-state index contributed by atoms with van der Waals surface area (Å²) in [4.78, 5) is 0. The van der Waals surface area contributed by atoms with E-state index in [-0.39, 0.29) is 5.25 Å². The molecule has 1 aliphatic rings. The van der Waals surface area contributed by atoms with E-state index in [0.29, 0.717) is 12.0 Å². The Hall–Kier alpha value is -0.580. The van der Waals surface area contributed by atoms with E-state index < -0.39 is 9.84 Å². The predicted molar refractivity (Wildman–Crippen MR) is 88.6 cm³/mol. The van der Waals surface area contributed by atoms with Crippen LogP contribution in [-0.2, 0) is 16.3 Å². The van der Waals surface area contributed by atoms with Gasteiger partial charge in [0.05, 0.1) is 5.25 Å². The normalized spacial score (nSPS) is 24.7. The van der Waals surface area contributed by atoms with Crippen LogP contribution in [-0.4, -0.2) is 33.0 Å². The molecule has 0 saturated heterocycles. The number of sulfone groups is 1. The van der Waals surface area contributed by atoms with Crippen molar-refractivity contribution in [2.45, 2.75) is 43.4 Å². The molecule has 1 aromatic rings. The van der Waals surface area contributed by atoms with Crippen LogP contribution in [0.25, 0.3) is 0 Å². The zero-order chi connectivity index (χ0) is 15.5. The molecule has 0 amide bonds. The molecule has 3 atom stereocenters. The van der Waals surface area contributed by atoms with E-state index in [1.54, 1.807) is 0 Å². The maximum atomic E-state index is 11.8. The van der Waals surface area contributed by atoms with Crippen molar-refractivity contribution in [1.82, 2.24) is 5.32 Å². The van der Waals surface area contributed by atoms with Gasteiger partial charge in [-0.25, -0.2) is 8.42 Å². The molecule has 1 N–H and O–H groups in total. The molecule has 3 unspecified atom stereocenters. The van der Waals surface area contributed by atoms with Gasteiger partial charge in [-0.2, -0.15) is 0 Å². The Morgan fingerprint density at radius 2 is 2.14 bits per heavy atom. The lowest BCUT2D eigenvalue weighted by molar-refractivity contribution is 0.278. The van der Waals surface area contributed by atoms with Crippen LogP contribution in [0.5, 0.6) is 0 Å². The van der Waals surface area contributed by atoms with Gasteiger partial charge in [0.1, 0.15) is 9.84 Å². The highest BCUT2D eigenvalue weighted by molar-refractivity contribution is 7.91. The van der Waals surface area contributed by atoms with Crippen LogP contribution < -0.4 is 5.32 Å². The summed E-state index contributed by atoms with van der Waals surface area (Å²) >= 11 is 6.04. The third kappa shape index (κ3) is 4.70. The van der Waals surface area contributed by atoms with Gasteiger partial charge in [0.2, 0.25) is 0 Å². The Morgan fingerprint density at radius 3 is 2.76 bits per heavy atom. The van der Waals surface area contributed by atoms with Crippen molar-refractivity contribution in [2.24, 2.45) is 5.92 Å². The van der Waals surface area contributed by atoms with Crippen LogP contribution in [0.3, 0.4) is 0 Å². The van der Waals surface area contributed by atoms with Gasteiger partial charge >= 0.3 is 0 Å². The second kappa shape index (κ2) is 7.12. The van der Waals surface area contributed by atoms with Gasteiger partial charge in [-0.05, 0) is 56.3 Å². The highest BCUT2D eigenvalue weighted by Gasteiger charge is 2.32. The minimum atomic E-state index is -2.93. The van der Waals surface area contributed by atoms with Gasteiger partial charge in [0.15, 0.2) is 0 Å². The Kier molecular flexibility index (Phi) is 5.69. The average molecular weight is 330 g/mol. The first-order valence-corrected chi connectivity index (χ1v) is 9.84.